The van der Waals surface area contributed by atoms with Crippen LogP contribution in [0, 0.1) is 0 Å². The van der Waals surface area contributed by atoms with Gasteiger partial charge in [0.25, 0.3) is 0 Å². The molecule has 1 fully saturated rings. The van der Waals surface area contributed by atoms with E-state index in [2.05, 4.69) is 32.0 Å². The summed E-state index contributed by atoms with van der Waals surface area (Å²) in [6, 6.07) is 8.47. The highest BCUT2D eigenvalue weighted by atomic mass is 16.6. The molecule has 0 spiro atoms. The lowest BCUT2D eigenvalue weighted by molar-refractivity contribution is -0.142. The maximum Gasteiger partial charge on any atom is 0.313 e. The van der Waals surface area contributed by atoms with E-state index in [1.54, 1.807) is 0 Å². The monoisotopic (exact) mass is 346 g/mol. The van der Waals surface area contributed by atoms with Crippen molar-refractivity contribution in [3.05, 3.63) is 35.4 Å². The largest absolute Gasteiger partial charge is 0.469 e. The maximum absolute atomic E-state index is 12.2. The van der Waals surface area contributed by atoms with Gasteiger partial charge in [-0.2, -0.15) is 0 Å². The van der Waals surface area contributed by atoms with Gasteiger partial charge in [0.15, 0.2) is 0 Å². The minimum Gasteiger partial charge on any atom is -0.469 e. The van der Waals surface area contributed by atoms with Gasteiger partial charge in [-0.05, 0) is 37.3 Å². The van der Waals surface area contributed by atoms with Gasteiger partial charge in [-0.15, -0.1) is 0 Å². The van der Waals surface area contributed by atoms with Gasteiger partial charge >= 0.3 is 5.97 Å². The number of hydrogen-bond donors (Lipinski definition) is 0. The van der Waals surface area contributed by atoms with Crippen LogP contribution < -0.4 is 0 Å². The molecule has 0 N–H and O–H groups in total. The van der Waals surface area contributed by atoms with Crippen molar-refractivity contribution >= 4 is 5.97 Å². The number of benzene rings is 1. The number of carbonyl (C=O) groups excluding carboxylic acids is 1. The standard InChI is InChI=1S/C22H34O3/c1-4-5-6-7-8-9-10-12-18-13-11-14-19(15-18)20(22(23)24-3)16-21-17(2)25-21/h11,13-15,17,20-21H,4-10,12,16H2,1-3H3. The normalized spacial score (nSPS) is 20.3. The van der Waals surface area contributed by atoms with Gasteiger partial charge < -0.3 is 9.47 Å². The van der Waals surface area contributed by atoms with Gasteiger partial charge in [0.05, 0.1) is 25.2 Å². The summed E-state index contributed by atoms with van der Waals surface area (Å²) < 4.78 is 10.5. The third kappa shape index (κ3) is 6.81. The number of esters is 1. The van der Waals surface area contributed by atoms with Gasteiger partial charge in [0, 0.05) is 0 Å². The molecule has 0 saturated carbocycles. The summed E-state index contributed by atoms with van der Waals surface area (Å²) in [7, 11) is 1.47. The lowest BCUT2D eigenvalue weighted by Gasteiger charge is -2.15. The van der Waals surface area contributed by atoms with E-state index in [4.69, 9.17) is 9.47 Å². The lowest BCUT2D eigenvalue weighted by atomic mass is 9.91. The molecule has 1 saturated heterocycles. The van der Waals surface area contributed by atoms with E-state index in [0.717, 1.165) is 12.0 Å². The number of carbonyl (C=O) groups is 1. The van der Waals surface area contributed by atoms with Crippen LogP contribution in [0.25, 0.3) is 0 Å². The second-order valence-electron chi connectivity index (χ2n) is 7.31. The van der Waals surface area contributed by atoms with Crippen LogP contribution in [-0.2, 0) is 20.7 Å². The molecule has 3 heteroatoms. The zero-order chi connectivity index (χ0) is 18.1. The lowest BCUT2D eigenvalue weighted by Crippen LogP contribution is -2.17. The molecule has 1 heterocycles. The van der Waals surface area contributed by atoms with Crippen LogP contribution in [0.1, 0.15) is 82.3 Å². The van der Waals surface area contributed by atoms with Crippen LogP contribution in [0.2, 0.25) is 0 Å². The molecule has 0 radical (unpaired) electrons. The van der Waals surface area contributed by atoms with E-state index in [1.807, 2.05) is 6.07 Å². The van der Waals surface area contributed by atoms with Crippen molar-refractivity contribution in [2.45, 2.75) is 89.8 Å². The summed E-state index contributed by atoms with van der Waals surface area (Å²) >= 11 is 0. The van der Waals surface area contributed by atoms with Crippen LogP contribution >= 0.6 is 0 Å². The average molecular weight is 347 g/mol. The molecule has 1 aromatic rings. The van der Waals surface area contributed by atoms with E-state index in [-0.39, 0.29) is 24.1 Å². The van der Waals surface area contributed by atoms with Crippen molar-refractivity contribution in [1.29, 1.82) is 0 Å². The molecule has 3 atom stereocenters. The Morgan fingerprint density at radius 2 is 1.84 bits per heavy atom. The molecule has 1 aliphatic rings. The topological polar surface area (TPSA) is 38.8 Å². The van der Waals surface area contributed by atoms with Crippen LogP contribution in [0.15, 0.2) is 24.3 Å². The van der Waals surface area contributed by atoms with Crippen molar-refractivity contribution in [3.8, 4) is 0 Å². The Bertz CT molecular complexity index is 526. The second-order valence-corrected chi connectivity index (χ2v) is 7.31. The molecule has 0 bridgehead atoms. The highest BCUT2D eigenvalue weighted by molar-refractivity contribution is 5.78. The molecule has 140 valence electrons. The van der Waals surface area contributed by atoms with E-state index in [9.17, 15) is 4.79 Å². The summed E-state index contributed by atoms with van der Waals surface area (Å²) in [6.45, 7) is 4.31. The molecular formula is C22H34O3. The Morgan fingerprint density at radius 1 is 1.16 bits per heavy atom. The summed E-state index contributed by atoms with van der Waals surface area (Å²) in [6.07, 6.45) is 11.5. The van der Waals surface area contributed by atoms with E-state index in [1.165, 1.54) is 57.6 Å². The first-order chi connectivity index (χ1) is 12.2. The first-order valence-electron chi connectivity index (χ1n) is 9.97. The number of methoxy groups -OCH3 is 1. The third-order valence-electron chi connectivity index (χ3n) is 5.21. The highest BCUT2D eigenvalue weighted by Crippen LogP contribution is 2.33. The van der Waals surface area contributed by atoms with Gasteiger partial charge in [-0.3, -0.25) is 4.79 Å². The highest BCUT2D eigenvalue weighted by Gasteiger charge is 2.38. The first kappa shape index (κ1) is 20.0. The number of hydrogen-bond acceptors (Lipinski definition) is 3. The molecule has 3 unspecified atom stereocenters. The molecule has 25 heavy (non-hydrogen) atoms. The Kier molecular flexibility index (Phi) is 8.47. The van der Waals surface area contributed by atoms with Gasteiger partial charge in [-0.25, -0.2) is 0 Å². The predicted octanol–water partition coefficient (Wildman–Crippen LogP) is 5.41. The predicted molar refractivity (Wildman–Crippen MR) is 102 cm³/mol. The molecule has 0 aromatic heterocycles. The molecule has 2 rings (SSSR count). The smallest absolute Gasteiger partial charge is 0.313 e. The summed E-state index contributed by atoms with van der Waals surface area (Å²) in [5.41, 5.74) is 2.39. The minimum absolute atomic E-state index is 0.157. The summed E-state index contributed by atoms with van der Waals surface area (Å²) in [4.78, 5) is 12.2. The Balaban J connectivity index is 1.84. The third-order valence-corrected chi connectivity index (χ3v) is 5.21. The molecule has 0 aliphatic carbocycles. The Hall–Kier alpha value is -1.35. The number of ether oxygens (including phenoxy) is 2. The quantitative estimate of drug-likeness (QED) is 0.288. The minimum atomic E-state index is -0.214. The van der Waals surface area contributed by atoms with Crippen LogP contribution in [-0.4, -0.2) is 25.3 Å². The van der Waals surface area contributed by atoms with Crippen LogP contribution in [0.3, 0.4) is 0 Å². The number of epoxide rings is 1. The SMILES string of the molecule is CCCCCCCCCc1cccc(C(CC2OC2C)C(=O)OC)c1. The van der Waals surface area contributed by atoms with E-state index < -0.39 is 0 Å². The van der Waals surface area contributed by atoms with Crippen LogP contribution in [0.5, 0.6) is 0 Å². The molecule has 1 aliphatic heterocycles. The molecule has 1 aromatic carbocycles. The zero-order valence-electron chi connectivity index (χ0n) is 16.1. The van der Waals surface area contributed by atoms with Gasteiger partial charge in [0.1, 0.15) is 0 Å². The number of aryl methyl sites for hydroxylation is 1. The Labute approximate surface area is 153 Å². The summed E-state index contributed by atoms with van der Waals surface area (Å²) in [5.74, 6) is -0.371. The average Bonchev–Trinajstić information content (AvgIpc) is 3.33. The van der Waals surface area contributed by atoms with Crippen LogP contribution in [0.4, 0.5) is 0 Å². The Morgan fingerprint density at radius 3 is 2.48 bits per heavy atom. The van der Waals surface area contributed by atoms with Crippen molar-refractivity contribution in [2.75, 3.05) is 7.11 Å². The molecular weight excluding hydrogens is 312 g/mol. The fourth-order valence-electron chi connectivity index (χ4n) is 3.47. The first-order valence-corrected chi connectivity index (χ1v) is 9.97. The zero-order valence-corrected chi connectivity index (χ0v) is 16.1. The van der Waals surface area contributed by atoms with E-state index in [0.29, 0.717) is 6.42 Å². The number of unbranched alkanes of at least 4 members (excludes halogenated alkanes) is 6. The van der Waals surface area contributed by atoms with Crippen molar-refractivity contribution in [1.82, 2.24) is 0 Å². The molecule has 3 nitrogen and oxygen atoms in total. The van der Waals surface area contributed by atoms with Crippen molar-refractivity contribution in [3.63, 3.8) is 0 Å². The van der Waals surface area contributed by atoms with Gasteiger partial charge in [-0.1, -0.05) is 69.7 Å². The molecule has 0 amide bonds. The maximum atomic E-state index is 12.2. The fraction of sp³-hybridized carbons (Fsp3) is 0.682. The number of rotatable bonds is 12. The summed E-state index contributed by atoms with van der Waals surface area (Å²) in [5, 5.41) is 0. The van der Waals surface area contributed by atoms with Crippen molar-refractivity contribution < 1.29 is 14.3 Å². The van der Waals surface area contributed by atoms with Crippen molar-refractivity contribution in [2.24, 2.45) is 0 Å². The van der Waals surface area contributed by atoms with E-state index >= 15 is 0 Å². The fourth-order valence-corrected chi connectivity index (χ4v) is 3.47. The second kappa shape index (κ2) is 10.6. The van der Waals surface area contributed by atoms with Gasteiger partial charge in [0.2, 0.25) is 0 Å².